The van der Waals surface area contributed by atoms with Crippen molar-refractivity contribution >= 4 is 0 Å². The molecule has 12 heavy (non-hydrogen) atoms. The Morgan fingerprint density at radius 2 is 1.50 bits per heavy atom. The van der Waals surface area contributed by atoms with Crippen LogP contribution in [0, 0.1) is 34.5 Å². The molecule has 0 spiro atoms. The minimum atomic E-state index is 0.595. The number of benzene rings is 1. The standard InChI is InChI=1S/C10H4N2/c11-7-1-2-9-3-5-10(8-12)6-4-9/h3-6H. The highest BCUT2D eigenvalue weighted by Crippen LogP contribution is 2.00. The van der Waals surface area contributed by atoms with Crippen LogP contribution in [0.4, 0.5) is 0 Å². The van der Waals surface area contributed by atoms with Gasteiger partial charge in [0.2, 0.25) is 0 Å². The van der Waals surface area contributed by atoms with Crippen molar-refractivity contribution < 1.29 is 0 Å². The maximum atomic E-state index is 8.47. The molecule has 1 aromatic carbocycles. The minimum Gasteiger partial charge on any atom is -0.192 e. The molecule has 2 nitrogen and oxygen atoms in total. The Kier molecular flexibility index (Phi) is 2.50. The summed E-state index contributed by atoms with van der Waals surface area (Å²) in [4.78, 5) is 0. The molecule has 0 aliphatic heterocycles. The molecule has 0 heterocycles. The van der Waals surface area contributed by atoms with E-state index in [9.17, 15) is 0 Å². The van der Waals surface area contributed by atoms with Crippen LogP contribution in [0.5, 0.6) is 0 Å². The van der Waals surface area contributed by atoms with Gasteiger partial charge < -0.3 is 0 Å². The SMILES string of the molecule is N#CC#Cc1ccc(C#N)cc1. The predicted molar refractivity (Wildman–Crippen MR) is 43.6 cm³/mol. The summed E-state index contributed by atoms with van der Waals surface area (Å²) in [5, 5.41) is 16.6. The van der Waals surface area contributed by atoms with Crippen LogP contribution in [0.15, 0.2) is 24.3 Å². The van der Waals surface area contributed by atoms with Crippen LogP contribution in [0.25, 0.3) is 0 Å². The second-order valence-electron chi connectivity index (χ2n) is 2.05. The van der Waals surface area contributed by atoms with E-state index < -0.39 is 0 Å². The van der Waals surface area contributed by atoms with Gasteiger partial charge in [0.1, 0.15) is 0 Å². The number of nitrogens with zero attached hydrogens (tertiary/aromatic N) is 2. The van der Waals surface area contributed by atoms with Gasteiger partial charge in [-0.15, -0.1) is 0 Å². The van der Waals surface area contributed by atoms with Crippen LogP contribution >= 0.6 is 0 Å². The maximum Gasteiger partial charge on any atom is 0.152 e. The summed E-state index contributed by atoms with van der Waals surface area (Å²) < 4.78 is 0. The summed E-state index contributed by atoms with van der Waals surface area (Å²) >= 11 is 0. The highest BCUT2D eigenvalue weighted by atomic mass is 14.2. The van der Waals surface area contributed by atoms with Gasteiger partial charge in [0.25, 0.3) is 0 Å². The molecular formula is C10H4N2. The first-order valence-electron chi connectivity index (χ1n) is 3.27. The van der Waals surface area contributed by atoms with E-state index in [0.717, 1.165) is 5.56 Å². The van der Waals surface area contributed by atoms with Gasteiger partial charge >= 0.3 is 0 Å². The Morgan fingerprint density at radius 3 is 2.00 bits per heavy atom. The fourth-order valence-electron chi connectivity index (χ4n) is 0.728. The van der Waals surface area contributed by atoms with Crippen LogP contribution in [-0.2, 0) is 0 Å². The molecule has 0 bridgehead atoms. The van der Waals surface area contributed by atoms with E-state index in [-0.39, 0.29) is 0 Å². The molecule has 0 saturated carbocycles. The van der Waals surface area contributed by atoms with Gasteiger partial charge in [-0.3, -0.25) is 0 Å². The van der Waals surface area contributed by atoms with Crippen LogP contribution in [0.3, 0.4) is 0 Å². The van der Waals surface area contributed by atoms with Crippen molar-refractivity contribution in [3.63, 3.8) is 0 Å². The average Bonchev–Trinajstić information content (AvgIpc) is 2.15. The number of hydrogen-bond donors (Lipinski definition) is 0. The van der Waals surface area contributed by atoms with E-state index in [4.69, 9.17) is 10.5 Å². The highest BCUT2D eigenvalue weighted by Gasteiger charge is 1.88. The summed E-state index contributed by atoms with van der Waals surface area (Å²) in [5.41, 5.74) is 1.34. The molecule has 0 radical (unpaired) electrons. The van der Waals surface area contributed by atoms with Crippen LogP contribution in [-0.4, -0.2) is 0 Å². The lowest BCUT2D eigenvalue weighted by Gasteiger charge is -1.87. The minimum absolute atomic E-state index is 0.595. The third-order valence-corrected chi connectivity index (χ3v) is 1.28. The lowest BCUT2D eigenvalue weighted by Crippen LogP contribution is -1.75. The number of hydrogen-bond acceptors (Lipinski definition) is 2. The third-order valence-electron chi connectivity index (χ3n) is 1.28. The summed E-state index contributed by atoms with van der Waals surface area (Å²) in [6, 6.07) is 10.5. The van der Waals surface area contributed by atoms with Gasteiger partial charge in [0, 0.05) is 11.5 Å². The summed E-state index contributed by atoms with van der Waals surface area (Å²) in [7, 11) is 0. The molecule has 54 valence electrons. The molecule has 2 heteroatoms. The van der Waals surface area contributed by atoms with Crippen molar-refractivity contribution in [2.75, 3.05) is 0 Å². The zero-order chi connectivity index (χ0) is 8.81. The topological polar surface area (TPSA) is 47.6 Å². The fourth-order valence-corrected chi connectivity index (χ4v) is 0.728. The predicted octanol–water partition coefficient (Wildman–Crippen LogP) is 1.43. The van der Waals surface area contributed by atoms with Gasteiger partial charge in [0.15, 0.2) is 6.07 Å². The quantitative estimate of drug-likeness (QED) is 0.528. The lowest BCUT2D eigenvalue weighted by molar-refractivity contribution is 1.48. The third kappa shape index (κ3) is 1.87. The second-order valence-corrected chi connectivity index (χ2v) is 2.05. The molecule has 0 aliphatic rings. The van der Waals surface area contributed by atoms with E-state index >= 15 is 0 Å². The van der Waals surface area contributed by atoms with E-state index in [1.807, 2.05) is 6.07 Å². The molecule has 0 aromatic heterocycles. The van der Waals surface area contributed by atoms with Crippen LogP contribution < -0.4 is 0 Å². The normalized spacial score (nSPS) is 7.17. The van der Waals surface area contributed by atoms with Gasteiger partial charge in [-0.05, 0) is 24.3 Å². The molecule has 0 unspecified atom stereocenters. The van der Waals surface area contributed by atoms with Crippen LogP contribution in [0.1, 0.15) is 11.1 Å². The first kappa shape index (κ1) is 7.86. The monoisotopic (exact) mass is 152 g/mol. The Bertz CT molecular complexity index is 404. The summed E-state index contributed by atoms with van der Waals surface area (Å²) in [6.07, 6.45) is 0. The summed E-state index contributed by atoms with van der Waals surface area (Å²) in [6.45, 7) is 0. The first-order chi connectivity index (χ1) is 5.86. The molecule has 0 aliphatic carbocycles. The Balaban J connectivity index is 2.96. The molecule has 0 N–H and O–H groups in total. The Hall–Kier alpha value is -2.24. The largest absolute Gasteiger partial charge is 0.192 e. The van der Waals surface area contributed by atoms with Crippen molar-refractivity contribution in [1.82, 2.24) is 0 Å². The van der Waals surface area contributed by atoms with Gasteiger partial charge in [0.05, 0.1) is 11.6 Å². The van der Waals surface area contributed by atoms with Gasteiger partial charge in [-0.2, -0.15) is 10.5 Å². The molecule has 0 saturated heterocycles. The zero-order valence-corrected chi connectivity index (χ0v) is 6.20. The molecule has 1 rings (SSSR count). The first-order valence-corrected chi connectivity index (χ1v) is 3.27. The van der Waals surface area contributed by atoms with Gasteiger partial charge in [-0.1, -0.05) is 5.92 Å². The smallest absolute Gasteiger partial charge is 0.152 e. The van der Waals surface area contributed by atoms with Crippen molar-refractivity contribution in [1.29, 1.82) is 10.5 Å². The van der Waals surface area contributed by atoms with E-state index in [2.05, 4.69) is 11.8 Å². The van der Waals surface area contributed by atoms with Crippen LogP contribution in [0.2, 0.25) is 0 Å². The average molecular weight is 152 g/mol. The van der Waals surface area contributed by atoms with Crippen molar-refractivity contribution in [2.24, 2.45) is 0 Å². The van der Waals surface area contributed by atoms with E-state index in [0.29, 0.717) is 5.56 Å². The van der Waals surface area contributed by atoms with Crippen molar-refractivity contribution in [2.45, 2.75) is 0 Å². The molecular weight excluding hydrogens is 148 g/mol. The molecule has 0 amide bonds. The second kappa shape index (κ2) is 3.81. The maximum absolute atomic E-state index is 8.47. The zero-order valence-electron chi connectivity index (χ0n) is 6.20. The Labute approximate surface area is 70.7 Å². The number of nitriles is 2. The Morgan fingerprint density at radius 1 is 0.917 bits per heavy atom. The fraction of sp³-hybridized carbons (Fsp3) is 0. The molecule has 1 aromatic rings. The highest BCUT2D eigenvalue weighted by molar-refractivity contribution is 5.41. The van der Waals surface area contributed by atoms with Crippen molar-refractivity contribution in [3.05, 3.63) is 35.4 Å². The van der Waals surface area contributed by atoms with Crippen molar-refractivity contribution in [3.8, 4) is 24.0 Å². The lowest BCUT2D eigenvalue weighted by atomic mass is 10.1. The van der Waals surface area contributed by atoms with E-state index in [1.165, 1.54) is 0 Å². The van der Waals surface area contributed by atoms with E-state index in [1.54, 1.807) is 30.3 Å². The summed E-state index contributed by atoms with van der Waals surface area (Å²) in [5.74, 6) is 4.90. The number of rotatable bonds is 0. The van der Waals surface area contributed by atoms with Gasteiger partial charge in [-0.25, -0.2) is 0 Å². The molecule has 0 atom stereocenters. The molecule has 0 fully saturated rings.